The molecule has 0 radical (unpaired) electrons. The van der Waals surface area contributed by atoms with Gasteiger partial charge in [-0.15, -0.1) is 0 Å². The molecule has 124 valence electrons. The van der Waals surface area contributed by atoms with E-state index in [-0.39, 0.29) is 29.1 Å². The van der Waals surface area contributed by atoms with Gasteiger partial charge in [-0.1, -0.05) is 62.4 Å². The molecule has 0 aliphatic rings. The van der Waals surface area contributed by atoms with Crippen LogP contribution < -0.4 is 0 Å². The minimum atomic E-state index is -0.196. The summed E-state index contributed by atoms with van der Waals surface area (Å²) in [6.45, 7) is 3.76. The van der Waals surface area contributed by atoms with Crippen molar-refractivity contribution in [2.45, 2.75) is 13.8 Å². The lowest BCUT2D eigenvalue weighted by atomic mass is 9.93. The average molecular weight is 322 g/mol. The number of hydrogen-bond donors (Lipinski definition) is 2. The maximum atomic E-state index is 12.4. The third-order valence-electron chi connectivity index (χ3n) is 3.84. The van der Waals surface area contributed by atoms with E-state index >= 15 is 0 Å². The Balaban J connectivity index is 1.96. The lowest BCUT2D eigenvalue weighted by Crippen LogP contribution is -2.15. The third kappa shape index (κ3) is 5.13. The summed E-state index contributed by atoms with van der Waals surface area (Å²) in [7, 11) is 0. The number of hydrogen-bond acceptors (Lipinski definition) is 3. The van der Waals surface area contributed by atoms with Crippen LogP contribution in [0.3, 0.4) is 0 Å². The van der Waals surface area contributed by atoms with Crippen LogP contribution in [0.1, 0.15) is 25.0 Å². The summed E-state index contributed by atoms with van der Waals surface area (Å²) in [5.74, 6) is 0.199. The van der Waals surface area contributed by atoms with Crippen molar-refractivity contribution in [1.29, 1.82) is 0 Å². The van der Waals surface area contributed by atoms with Gasteiger partial charge < -0.3 is 10.2 Å². The summed E-state index contributed by atoms with van der Waals surface area (Å²) < 4.78 is 0. The second-order valence-electron chi connectivity index (χ2n) is 5.88. The molecule has 2 unspecified atom stereocenters. The molecule has 0 aliphatic heterocycles. The Morgan fingerprint density at radius 2 is 1.08 bits per heavy atom. The molecule has 0 amide bonds. The first-order chi connectivity index (χ1) is 11.5. The zero-order valence-corrected chi connectivity index (χ0v) is 13.9. The van der Waals surface area contributed by atoms with Gasteiger partial charge in [-0.3, -0.25) is 4.79 Å². The van der Waals surface area contributed by atoms with Crippen molar-refractivity contribution in [1.82, 2.24) is 0 Å². The van der Waals surface area contributed by atoms with Gasteiger partial charge in [-0.25, -0.2) is 0 Å². The number of carbonyl (C=O) groups excluding carboxylic acids is 1. The topological polar surface area (TPSA) is 57.5 Å². The minimum absolute atomic E-state index is 0.139. The molecule has 0 bridgehead atoms. The van der Waals surface area contributed by atoms with Crippen molar-refractivity contribution >= 4 is 17.9 Å². The second kappa shape index (κ2) is 8.16. The Labute approximate surface area is 142 Å². The molecular formula is C21H22O3. The molecule has 2 aromatic carbocycles. The quantitative estimate of drug-likeness (QED) is 0.813. The highest BCUT2D eigenvalue weighted by Crippen LogP contribution is 2.16. The Hall–Kier alpha value is -2.81. The van der Waals surface area contributed by atoms with Crippen LogP contribution in [0.15, 0.2) is 60.7 Å². The fourth-order valence-electron chi connectivity index (χ4n) is 2.29. The molecule has 0 spiro atoms. The zero-order valence-electron chi connectivity index (χ0n) is 13.9. The first-order valence-electron chi connectivity index (χ1n) is 7.94. The van der Waals surface area contributed by atoms with Crippen molar-refractivity contribution in [3.05, 3.63) is 71.8 Å². The lowest BCUT2D eigenvalue weighted by molar-refractivity contribution is -0.123. The van der Waals surface area contributed by atoms with Crippen LogP contribution >= 0.6 is 0 Å². The molecule has 2 aromatic rings. The number of carbonyl (C=O) groups is 1. The lowest BCUT2D eigenvalue weighted by Gasteiger charge is -2.10. The first-order valence-corrected chi connectivity index (χ1v) is 7.94. The summed E-state index contributed by atoms with van der Waals surface area (Å²) in [5, 5.41) is 18.5. The van der Waals surface area contributed by atoms with Crippen LogP contribution in [0.5, 0.6) is 11.5 Å². The maximum absolute atomic E-state index is 12.4. The van der Waals surface area contributed by atoms with Crippen LogP contribution in [0, 0.1) is 11.8 Å². The van der Waals surface area contributed by atoms with Gasteiger partial charge >= 0.3 is 0 Å². The highest BCUT2D eigenvalue weighted by Gasteiger charge is 2.15. The molecular weight excluding hydrogens is 300 g/mol. The molecule has 0 aromatic heterocycles. The monoisotopic (exact) mass is 322 g/mol. The average Bonchev–Trinajstić information content (AvgIpc) is 2.59. The normalized spacial score (nSPS) is 14.1. The Morgan fingerprint density at radius 3 is 1.42 bits per heavy atom. The molecule has 0 aliphatic carbocycles. The number of rotatable bonds is 6. The molecule has 24 heavy (non-hydrogen) atoms. The van der Waals surface area contributed by atoms with Gasteiger partial charge in [0.05, 0.1) is 0 Å². The Bertz CT molecular complexity index is 661. The van der Waals surface area contributed by atoms with Gasteiger partial charge in [0.2, 0.25) is 0 Å². The first kappa shape index (κ1) is 17.5. The fraction of sp³-hybridized carbons (Fsp3) is 0.190. The van der Waals surface area contributed by atoms with E-state index in [4.69, 9.17) is 0 Å². The summed E-state index contributed by atoms with van der Waals surface area (Å²) >= 11 is 0. The number of ketones is 1. The van der Waals surface area contributed by atoms with Crippen LogP contribution in [0.4, 0.5) is 0 Å². The highest BCUT2D eigenvalue weighted by molar-refractivity contribution is 5.87. The van der Waals surface area contributed by atoms with E-state index in [1.807, 2.05) is 38.2 Å². The molecule has 2 atom stereocenters. The molecule has 2 N–H and O–H groups in total. The molecule has 0 fully saturated rings. The van der Waals surface area contributed by atoms with E-state index in [1.165, 1.54) is 0 Å². The standard InChI is InChI=1S/C21H22O3/c1-15(3-5-17-7-11-19(22)12-8-17)21(24)16(2)4-6-18-9-13-20(23)14-10-18/h3-16,22-23H,1-2H3. The van der Waals surface area contributed by atoms with Crippen molar-refractivity contribution in [2.24, 2.45) is 11.8 Å². The Morgan fingerprint density at radius 1 is 0.750 bits per heavy atom. The van der Waals surface area contributed by atoms with Gasteiger partial charge in [0.15, 0.2) is 0 Å². The van der Waals surface area contributed by atoms with Crippen molar-refractivity contribution in [2.75, 3.05) is 0 Å². The third-order valence-corrected chi connectivity index (χ3v) is 3.84. The zero-order chi connectivity index (χ0) is 17.5. The summed E-state index contributed by atoms with van der Waals surface area (Å²) in [6, 6.07) is 13.7. The Kier molecular flexibility index (Phi) is 5.96. The van der Waals surface area contributed by atoms with E-state index in [1.54, 1.807) is 48.5 Å². The largest absolute Gasteiger partial charge is 0.508 e. The number of benzene rings is 2. The number of phenols is 2. The summed E-state index contributed by atoms with van der Waals surface area (Å²) in [6.07, 6.45) is 7.52. The number of Topliss-reactive ketones (excluding diaryl/α,β-unsaturated/α-hetero) is 1. The number of aromatic hydroxyl groups is 2. The molecule has 3 heteroatoms. The predicted molar refractivity (Wildman–Crippen MR) is 97.6 cm³/mol. The molecule has 2 rings (SSSR count). The van der Waals surface area contributed by atoms with Crippen molar-refractivity contribution in [3.8, 4) is 11.5 Å². The van der Waals surface area contributed by atoms with E-state index in [9.17, 15) is 15.0 Å². The molecule has 0 saturated heterocycles. The fourth-order valence-corrected chi connectivity index (χ4v) is 2.29. The van der Waals surface area contributed by atoms with Gasteiger partial charge in [0.25, 0.3) is 0 Å². The number of phenolic OH excluding ortho intramolecular Hbond substituents is 2. The van der Waals surface area contributed by atoms with Gasteiger partial charge in [-0.2, -0.15) is 0 Å². The molecule has 0 saturated carbocycles. The maximum Gasteiger partial charge on any atom is 0.145 e. The second-order valence-corrected chi connectivity index (χ2v) is 5.88. The molecule has 0 heterocycles. The SMILES string of the molecule is CC(C=Cc1ccc(O)cc1)C(=O)C(C)C=Cc1ccc(O)cc1. The van der Waals surface area contributed by atoms with Crippen LogP contribution in [-0.4, -0.2) is 16.0 Å². The van der Waals surface area contributed by atoms with E-state index in [0.29, 0.717) is 0 Å². The van der Waals surface area contributed by atoms with E-state index < -0.39 is 0 Å². The smallest absolute Gasteiger partial charge is 0.145 e. The predicted octanol–water partition coefficient (Wildman–Crippen LogP) is 4.67. The van der Waals surface area contributed by atoms with E-state index in [0.717, 1.165) is 11.1 Å². The van der Waals surface area contributed by atoms with E-state index in [2.05, 4.69) is 0 Å². The summed E-state index contributed by atoms with van der Waals surface area (Å²) in [4.78, 5) is 12.4. The van der Waals surface area contributed by atoms with Gasteiger partial charge in [0.1, 0.15) is 17.3 Å². The van der Waals surface area contributed by atoms with Gasteiger partial charge in [0, 0.05) is 11.8 Å². The van der Waals surface area contributed by atoms with Crippen LogP contribution in [-0.2, 0) is 4.79 Å². The summed E-state index contributed by atoms with van der Waals surface area (Å²) in [5.41, 5.74) is 1.89. The minimum Gasteiger partial charge on any atom is -0.508 e. The van der Waals surface area contributed by atoms with Crippen LogP contribution in [0.2, 0.25) is 0 Å². The van der Waals surface area contributed by atoms with Crippen molar-refractivity contribution < 1.29 is 15.0 Å². The van der Waals surface area contributed by atoms with Crippen LogP contribution in [0.25, 0.3) is 12.2 Å². The van der Waals surface area contributed by atoms with Crippen molar-refractivity contribution in [3.63, 3.8) is 0 Å². The molecule has 3 nitrogen and oxygen atoms in total. The highest BCUT2D eigenvalue weighted by atomic mass is 16.3. The number of allylic oxidation sites excluding steroid dienone is 2. The van der Waals surface area contributed by atoms with Gasteiger partial charge in [-0.05, 0) is 35.4 Å².